The van der Waals surface area contributed by atoms with Gasteiger partial charge in [-0.3, -0.25) is 0 Å². The Bertz CT molecular complexity index is 1000. The van der Waals surface area contributed by atoms with E-state index in [9.17, 15) is 0 Å². The molecule has 2 aromatic heterocycles. The highest BCUT2D eigenvalue weighted by Gasteiger charge is 2.12. The fourth-order valence-electron chi connectivity index (χ4n) is 2.79. The molecule has 4 N–H and O–H groups in total. The summed E-state index contributed by atoms with van der Waals surface area (Å²) in [7, 11) is 0. The van der Waals surface area contributed by atoms with Crippen molar-refractivity contribution < 1.29 is 0 Å². The molecule has 22 heavy (non-hydrogen) atoms. The minimum Gasteiger partial charge on any atom is -0.383 e. The quantitative estimate of drug-likeness (QED) is 0.561. The highest BCUT2D eigenvalue weighted by molar-refractivity contribution is 6.06. The molecule has 2 heterocycles. The molecule has 0 saturated carbocycles. The lowest BCUT2D eigenvalue weighted by atomic mass is 9.97. The fraction of sp³-hybridized carbons (Fsp3) is 0. The van der Waals surface area contributed by atoms with Crippen LogP contribution in [0.1, 0.15) is 0 Å². The van der Waals surface area contributed by atoms with Crippen molar-refractivity contribution in [1.29, 1.82) is 0 Å². The molecule has 4 rings (SSSR count). The van der Waals surface area contributed by atoms with E-state index in [0.717, 1.165) is 21.9 Å². The molecule has 0 fully saturated rings. The van der Waals surface area contributed by atoms with Gasteiger partial charge in [-0.1, -0.05) is 42.5 Å². The van der Waals surface area contributed by atoms with Crippen LogP contribution in [0.4, 0.5) is 11.8 Å². The SMILES string of the molecule is Nc1nc(N)c2c(-c3cccc4ccccc34)ccnc2n1. The monoisotopic (exact) mass is 287 g/mol. The third kappa shape index (κ3) is 1.83. The van der Waals surface area contributed by atoms with Crippen LogP contribution in [0.15, 0.2) is 54.7 Å². The van der Waals surface area contributed by atoms with Gasteiger partial charge in [0.25, 0.3) is 0 Å². The Kier molecular flexibility index (Phi) is 2.66. The zero-order chi connectivity index (χ0) is 15.1. The molecule has 0 aliphatic rings. The summed E-state index contributed by atoms with van der Waals surface area (Å²) in [6, 6.07) is 16.3. The second kappa shape index (κ2) is 4.66. The van der Waals surface area contributed by atoms with Gasteiger partial charge in [0.15, 0.2) is 5.65 Å². The van der Waals surface area contributed by atoms with E-state index >= 15 is 0 Å². The topological polar surface area (TPSA) is 90.7 Å². The van der Waals surface area contributed by atoms with Crippen LogP contribution in [0.5, 0.6) is 0 Å². The van der Waals surface area contributed by atoms with Gasteiger partial charge < -0.3 is 11.5 Å². The van der Waals surface area contributed by atoms with Crippen molar-refractivity contribution in [3.63, 3.8) is 0 Å². The molecular formula is C17H13N5. The Morgan fingerprint density at radius 1 is 0.773 bits per heavy atom. The van der Waals surface area contributed by atoms with Crippen molar-refractivity contribution in [3.8, 4) is 11.1 Å². The first kappa shape index (κ1) is 12.5. The summed E-state index contributed by atoms with van der Waals surface area (Å²) in [5, 5.41) is 3.04. The van der Waals surface area contributed by atoms with Crippen molar-refractivity contribution in [2.75, 3.05) is 11.5 Å². The Morgan fingerprint density at radius 2 is 1.59 bits per heavy atom. The van der Waals surface area contributed by atoms with E-state index < -0.39 is 0 Å². The Labute approximate surface area is 126 Å². The van der Waals surface area contributed by atoms with Crippen LogP contribution >= 0.6 is 0 Å². The van der Waals surface area contributed by atoms with Crippen LogP contribution in [0.25, 0.3) is 32.9 Å². The number of pyridine rings is 1. The summed E-state index contributed by atoms with van der Waals surface area (Å²) in [5.74, 6) is 0.478. The number of aromatic nitrogens is 3. The summed E-state index contributed by atoms with van der Waals surface area (Å²) in [4.78, 5) is 12.5. The van der Waals surface area contributed by atoms with Gasteiger partial charge in [0.2, 0.25) is 5.95 Å². The second-order valence-electron chi connectivity index (χ2n) is 5.05. The van der Waals surface area contributed by atoms with E-state index in [-0.39, 0.29) is 5.95 Å². The normalized spacial score (nSPS) is 11.1. The number of hydrogen-bond donors (Lipinski definition) is 2. The molecule has 0 amide bonds. The number of hydrogen-bond acceptors (Lipinski definition) is 5. The number of anilines is 2. The third-order valence-electron chi connectivity index (χ3n) is 3.72. The van der Waals surface area contributed by atoms with E-state index in [2.05, 4.69) is 39.2 Å². The number of fused-ring (bicyclic) bond motifs is 2. The molecule has 0 aliphatic heterocycles. The average molecular weight is 287 g/mol. The van der Waals surface area contributed by atoms with Gasteiger partial charge in [0.1, 0.15) is 5.82 Å². The number of benzene rings is 2. The van der Waals surface area contributed by atoms with Crippen LogP contribution in [-0.4, -0.2) is 15.0 Å². The van der Waals surface area contributed by atoms with E-state index in [4.69, 9.17) is 11.5 Å². The minimum atomic E-state index is 0.132. The predicted octanol–water partition coefficient (Wildman–Crippen LogP) is 3.01. The smallest absolute Gasteiger partial charge is 0.224 e. The maximum absolute atomic E-state index is 6.07. The molecule has 0 spiro atoms. The summed E-state index contributed by atoms with van der Waals surface area (Å²) in [6.07, 6.45) is 1.71. The molecule has 0 bridgehead atoms. The average Bonchev–Trinajstić information content (AvgIpc) is 2.53. The summed E-state index contributed by atoms with van der Waals surface area (Å²) >= 11 is 0. The summed E-state index contributed by atoms with van der Waals surface area (Å²) < 4.78 is 0. The number of nitrogens with zero attached hydrogens (tertiary/aromatic N) is 3. The number of nitrogen functional groups attached to an aromatic ring is 2. The molecule has 5 heteroatoms. The molecule has 5 nitrogen and oxygen atoms in total. The van der Waals surface area contributed by atoms with Gasteiger partial charge >= 0.3 is 0 Å². The molecule has 0 aliphatic carbocycles. The van der Waals surface area contributed by atoms with Crippen LogP contribution in [-0.2, 0) is 0 Å². The van der Waals surface area contributed by atoms with Gasteiger partial charge in [-0.25, -0.2) is 4.98 Å². The highest BCUT2D eigenvalue weighted by Crippen LogP contribution is 2.34. The van der Waals surface area contributed by atoms with Crippen molar-refractivity contribution in [2.45, 2.75) is 0 Å². The largest absolute Gasteiger partial charge is 0.383 e. The lowest BCUT2D eigenvalue weighted by molar-refractivity contribution is 1.20. The van der Waals surface area contributed by atoms with E-state index in [1.54, 1.807) is 6.20 Å². The zero-order valence-corrected chi connectivity index (χ0v) is 11.7. The first-order valence-electron chi connectivity index (χ1n) is 6.90. The van der Waals surface area contributed by atoms with Gasteiger partial charge in [-0.05, 0) is 28.0 Å². The van der Waals surface area contributed by atoms with Crippen molar-refractivity contribution in [1.82, 2.24) is 15.0 Å². The third-order valence-corrected chi connectivity index (χ3v) is 3.72. The fourth-order valence-corrected chi connectivity index (χ4v) is 2.79. The van der Waals surface area contributed by atoms with E-state index in [0.29, 0.717) is 11.5 Å². The molecule has 0 radical (unpaired) electrons. The van der Waals surface area contributed by atoms with Gasteiger partial charge in [-0.2, -0.15) is 9.97 Å². The number of rotatable bonds is 1. The van der Waals surface area contributed by atoms with Crippen molar-refractivity contribution in [2.24, 2.45) is 0 Å². The molecule has 0 unspecified atom stereocenters. The van der Waals surface area contributed by atoms with E-state index in [1.807, 2.05) is 24.3 Å². The lowest BCUT2D eigenvalue weighted by Gasteiger charge is -2.11. The molecule has 4 aromatic rings. The standard InChI is InChI=1S/C17H13N5/c18-15-14-13(8-9-20-16(14)22-17(19)21-15)12-7-3-5-10-4-1-2-6-11(10)12/h1-9H,(H4,18,19,20,21,22). The van der Waals surface area contributed by atoms with Crippen LogP contribution in [0, 0.1) is 0 Å². The Morgan fingerprint density at radius 3 is 2.50 bits per heavy atom. The summed E-state index contributed by atoms with van der Waals surface area (Å²) in [6.45, 7) is 0. The van der Waals surface area contributed by atoms with Crippen molar-refractivity contribution >= 4 is 33.6 Å². The Balaban J connectivity index is 2.13. The molecule has 2 aromatic carbocycles. The van der Waals surface area contributed by atoms with Gasteiger partial charge in [0, 0.05) is 6.20 Å². The highest BCUT2D eigenvalue weighted by atomic mass is 15.1. The van der Waals surface area contributed by atoms with Crippen LogP contribution < -0.4 is 11.5 Å². The van der Waals surface area contributed by atoms with Crippen LogP contribution in [0.2, 0.25) is 0 Å². The molecule has 0 atom stereocenters. The second-order valence-corrected chi connectivity index (χ2v) is 5.05. The molecular weight excluding hydrogens is 274 g/mol. The summed E-state index contributed by atoms with van der Waals surface area (Å²) in [5.41, 5.74) is 14.3. The zero-order valence-electron chi connectivity index (χ0n) is 11.7. The minimum absolute atomic E-state index is 0.132. The van der Waals surface area contributed by atoms with Gasteiger partial charge in [-0.15, -0.1) is 0 Å². The molecule has 106 valence electrons. The first-order valence-corrected chi connectivity index (χ1v) is 6.90. The lowest BCUT2D eigenvalue weighted by Crippen LogP contribution is -2.02. The van der Waals surface area contributed by atoms with E-state index in [1.165, 1.54) is 5.39 Å². The Hall–Kier alpha value is -3.21. The van der Waals surface area contributed by atoms with Crippen molar-refractivity contribution in [3.05, 3.63) is 54.7 Å². The first-order chi connectivity index (χ1) is 10.7. The molecule has 0 saturated heterocycles. The van der Waals surface area contributed by atoms with Gasteiger partial charge in [0.05, 0.1) is 5.39 Å². The maximum Gasteiger partial charge on any atom is 0.224 e. The van der Waals surface area contributed by atoms with Crippen LogP contribution in [0.3, 0.4) is 0 Å². The number of nitrogens with two attached hydrogens (primary N) is 2. The predicted molar refractivity (Wildman–Crippen MR) is 89.1 cm³/mol. The maximum atomic E-state index is 6.07.